The smallest absolute Gasteiger partial charge is 0.263 e. The fraction of sp³-hybridized carbons (Fsp3) is 0.429. The Hall–Kier alpha value is -1.66. The molecule has 0 aliphatic carbocycles. The van der Waals surface area contributed by atoms with E-state index in [0.717, 1.165) is 11.2 Å². The number of thiophene rings is 1. The number of carbonyl (C=O) groups is 1. The summed E-state index contributed by atoms with van der Waals surface area (Å²) in [4.78, 5) is 19.1. The van der Waals surface area contributed by atoms with E-state index in [-0.39, 0.29) is 5.91 Å². The van der Waals surface area contributed by atoms with E-state index in [4.69, 9.17) is 5.73 Å². The number of nitrogens with one attached hydrogen (secondary N) is 1. The van der Waals surface area contributed by atoms with Crippen molar-refractivity contribution in [2.45, 2.75) is 19.9 Å². The second kappa shape index (κ2) is 6.19. The van der Waals surface area contributed by atoms with E-state index in [1.165, 1.54) is 11.3 Å². The molecule has 108 valence electrons. The lowest BCUT2D eigenvalue weighted by atomic mass is 10.3. The molecule has 2 rings (SSSR count). The third-order valence-electron chi connectivity index (χ3n) is 3.32. The van der Waals surface area contributed by atoms with Gasteiger partial charge in [-0.05, 0) is 33.0 Å². The monoisotopic (exact) mass is 292 g/mol. The van der Waals surface area contributed by atoms with Crippen LogP contribution in [0.5, 0.6) is 0 Å². The second-order valence-electron chi connectivity index (χ2n) is 5.03. The Morgan fingerprint density at radius 2 is 2.30 bits per heavy atom. The standard InChI is InChI=1S/C14H20N4OS/c1-9(2)18(3)8-7-17-14(19)13-11(15)12-10(20-13)5-4-6-16-12/h4-6,9H,7-8,15H2,1-3H3,(H,17,19). The number of hydrogen-bond donors (Lipinski definition) is 2. The summed E-state index contributed by atoms with van der Waals surface area (Å²) in [5, 5.41) is 2.91. The van der Waals surface area contributed by atoms with Crippen molar-refractivity contribution in [1.29, 1.82) is 0 Å². The molecule has 2 aromatic rings. The minimum Gasteiger partial charge on any atom is -0.396 e. The molecule has 0 atom stereocenters. The van der Waals surface area contributed by atoms with Crippen LogP contribution in [0, 0.1) is 0 Å². The van der Waals surface area contributed by atoms with Gasteiger partial charge < -0.3 is 16.0 Å². The van der Waals surface area contributed by atoms with E-state index >= 15 is 0 Å². The molecule has 2 heterocycles. The van der Waals surface area contributed by atoms with E-state index in [1.807, 2.05) is 19.2 Å². The highest BCUT2D eigenvalue weighted by atomic mass is 32.1. The average Bonchev–Trinajstić information content (AvgIpc) is 2.76. The Bertz CT molecular complexity index is 608. The minimum atomic E-state index is -0.123. The summed E-state index contributed by atoms with van der Waals surface area (Å²) in [6, 6.07) is 4.23. The molecular formula is C14H20N4OS. The third kappa shape index (κ3) is 3.08. The molecule has 0 bridgehead atoms. The van der Waals surface area contributed by atoms with Gasteiger partial charge in [-0.15, -0.1) is 11.3 Å². The molecule has 2 aromatic heterocycles. The molecule has 0 saturated carbocycles. The van der Waals surface area contributed by atoms with Crippen molar-refractivity contribution in [2.75, 3.05) is 25.9 Å². The van der Waals surface area contributed by atoms with Crippen molar-refractivity contribution in [3.05, 3.63) is 23.2 Å². The largest absolute Gasteiger partial charge is 0.396 e. The van der Waals surface area contributed by atoms with Crippen LogP contribution in [0.2, 0.25) is 0 Å². The lowest BCUT2D eigenvalue weighted by Crippen LogP contribution is -2.36. The number of nitrogen functional groups attached to an aromatic ring is 1. The van der Waals surface area contributed by atoms with Gasteiger partial charge in [0.15, 0.2) is 0 Å². The normalized spacial score (nSPS) is 11.4. The first-order valence-corrected chi connectivity index (χ1v) is 7.43. The lowest BCUT2D eigenvalue weighted by Gasteiger charge is -2.20. The lowest BCUT2D eigenvalue weighted by molar-refractivity contribution is 0.0953. The van der Waals surface area contributed by atoms with E-state index in [2.05, 4.69) is 29.0 Å². The van der Waals surface area contributed by atoms with Gasteiger partial charge >= 0.3 is 0 Å². The van der Waals surface area contributed by atoms with Crippen LogP contribution in [-0.2, 0) is 0 Å². The average molecular weight is 292 g/mol. The molecule has 20 heavy (non-hydrogen) atoms. The molecule has 3 N–H and O–H groups in total. The van der Waals surface area contributed by atoms with Crippen LogP contribution in [0.4, 0.5) is 5.69 Å². The molecule has 0 aliphatic heterocycles. The Kier molecular flexibility index (Phi) is 4.57. The van der Waals surface area contributed by atoms with Gasteiger partial charge in [0.2, 0.25) is 0 Å². The molecule has 0 fully saturated rings. The van der Waals surface area contributed by atoms with Crippen LogP contribution in [0.3, 0.4) is 0 Å². The van der Waals surface area contributed by atoms with Gasteiger partial charge in [0.25, 0.3) is 5.91 Å². The first kappa shape index (κ1) is 14.7. The van der Waals surface area contributed by atoms with E-state index in [1.54, 1.807) is 6.20 Å². The molecule has 0 saturated heterocycles. The molecule has 0 spiro atoms. The Labute approximate surface area is 122 Å². The van der Waals surface area contributed by atoms with Crippen molar-refractivity contribution < 1.29 is 4.79 Å². The summed E-state index contributed by atoms with van der Waals surface area (Å²) in [5.41, 5.74) is 7.18. The third-order valence-corrected chi connectivity index (χ3v) is 4.48. The number of carbonyl (C=O) groups excluding carboxylic acids is 1. The zero-order valence-corrected chi connectivity index (χ0v) is 12.8. The molecule has 0 aromatic carbocycles. The van der Waals surface area contributed by atoms with Crippen molar-refractivity contribution in [1.82, 2.24) is 15.2 Å². The molecule has 5 nitrogen and oxygen atoms in total. The first-order chi connectivity index (χ1) is 9.50. The van der Waals surface area contributed by atoms with Crippen molar-refractivity contribution in [3.63, 3.8) is 0 Å². The number of nitrogens with zero attached hydrogens (tertiary/aromatic N) is 2. The predicted octanol–water partition coefficient (Wildman–Crippen LogP) is 1.95. The highest BCUT2D eigenvalue weighted by molar-refractivity contribution is 7.21. The number of hydrogen-bond acceptors (Lipinski definition) is 5. The molecule has 0 radical (unpaired) electrons. The number of rotatable bonds is 5. The summed E-state index contributed by atoms with van der Waals surface area (Å²) in [6.07, 6.45) is 1.69. The number of fused-ring (bicyclic) bond motifs is 1. The number of likely N-dealkylation sites (N-methyl/N-ethyl adjacent to an activating group) is 1. The van der Waals surface area contributed by atoms with Gasteiger partial charge in [-0.1, -0.05) is 0 Å². The van der Waals surface area contributed by atoms with Gasteiger partial charge in [0.1, 0.15) is 10.4 Å². The zero-order chi connectivity index (χ0) is 14.7. The second-order valence-corrected chi connectivity index (χ2v) is 6.08. The number of nitrogens with two attached hydrogens (primary N) is 1. The van der Waals surface area contributed by atoms with Crippen molar-refractivity contribution in [2.24, 2.45) is 0 Å². The molecule has 0 aliphatic rings. The van der Waals surface area contributed by atoms with E-state index in [0.29, 0.717) is 28.7 Å². The fourth-order valence-electron chi connectivity index (χ4n) is 1.80. The zero-order valence-electron chi connectivity index (χ0n) is 12.0. The van der Waals surface area contributed by atoms with Gasteiger partial charge in [0.05, 0.1) is 10.4 Å². The van der Waals surface area contributed by atoms with Crippen molar-refractivity contribution in [3.8, 4) is 0 Å². The van der Waals surface area contributed by atoms with Crippen LogP contribution in [0.1, 0.15) is 23.5 Å². The summed E-state index contributed by atoms with van der Waals surface area (Å²) < 4.78 is 0.939. The van der Waals surface area contributed by atoms with Crippen LogP contribution >= 0.6 is 11.3 Å². The summed E-state index contributed by atoms with van der Waals surface area (Å²) >= 11 is 1.38. The summed E-state index contributed by atoms with van der Waals surface area (Å²) in [6.45, 7) is 5.66. The van der Waals surface area contributed by atoms with Gasteiger partial charge in [0, 0.05) is 25.3 Å². The van der Waals surface area contributed by atoms with E-state index < -0.39 is 0 Å². The van der Waals surface area contributed by atoms with Gasteiger partial charge in [-0.2, -0.15) is 0 Å². The Morgan fingerprint density at radius 3 is 2.95 bits per heavy atom. The highest BCUT2D eigenvalue weighted by Crippen LogP contribution is 2.31. The Balaban J connectivity index is 2.03. The maximum Gasteiger partial charge on any atom is 0.263 e. The van der Waals surface area contributed by atoms with Crippen LogP contribution in [0.25, 0.3) is 10.2 Å². The van der Waals surface area contributed by atoms with Crippen LogP contribution < -0.4 is 11.1 Å². The van der Waals surface area contributed by atoms with Gasteiger partial charge in [-0.25, -0.2) is 0 Å². The number of aromatic nitrogens is 1. The van der Waals surface area contributed by atoms with Gasteiger partial charge in [-0.3, -0.25) is 9.78 Å². The summed E-state index contributed by atoms with van der Waals surface area (Å²) in [7, 11) is 2.04. The van der Waals surface area contributed by atoms with Crippen LogP contribution in [-0.4, -0.2) is 42.0 Å². The number of amides is 1. The van der Waals surface area contributed by atoms with Crippen LogP contribution in [0.15, 0.2) is 18.3 Å². The fourth-order valence-corrected chi connectivity index (χ4v) is 2.80. The highest BCUT2D eigenvalue weighted by Gasteiger charge is 2.16. The molecule has 0 unspecified atom stereocenters. The molecule has 1 amide bonds. The quantitative estimate of drug-likeness (QED) is 0.883. The SMILES string of the molecule is CC(C)N(C)CCNC(=O)c1sc2cccnc2c1N. The number of anilines is 1. The summed E-state index contributed by atoms with van der Waals surface area (Å²) in [5.74, 6) is -0.123. The molecule has 6 heteroatoms. The maximum absolute atomic E-state index is 12.2. The maximum atomic E-state index is 12.2. The van der Waals surface area contributed by atoms with Crippen molar-refractivity contribution >= 4 is 33.1 Å². The number of pyridine rings is 1. The minimum absolute atomic E-state index is 0.123. The molecular weight excluding hydrogens is 272 g/mol. The topological polar surface area (TPSA) is 71.2 Å². The van der Waals surface area contributed by atoms with E-state index in [9.17, 15) is 4.79 Å². The first-order valence-electron chi connectivity index (χ1n) is 6.62. The Morgan fingerprint density at radius 1 is 1.55 bits per heavy atom. The predicted molar refractivity (Wildman–Crippen MR) is 84.1 cm³/mol.